The highest BCUT2D eigenvalue weighted by Gasteiger charge is 2.21. The number of carbonyl (C=O) groups excluding carboxylic acids is 1. The van der Waals surface area contributed by atoms with Crippen LogP contribution in [0.2, 0.25) is 0 Å². The summed E-state index contributed by atoms with van der Waals surface area (Å²) in [6.07, 6.45) is 9.10. The van der Waals surface area contributed by atoms with Gasteiger partial charge in [-0.05, 0) is 54.8 Å². The molecule has 0 aliphatic rings. The summed E-state index contributed by atoms with van der Waals surface area (Å²) in [5, 5.41) is 5.90. The predicted octanol–water partition coefficient (Wildman–Crippen LogP) is 4.20. The molecule has 0 atom stereocenters. The van der Waals surface area contributed by atoms with Crippen LogP contribution in [-0.2, 0) is 0 Å². The molecule has 1 aromatic carbocycles. The maximum Gasteiger partial charge on any atom is 0.248 e. The molecule has 0 aliphatic carbocycles. The Morgan fingerprint density at radius 3 is 2.61 bits per heavy atom. The van der Waals surface area contributed by atoms with E-state index in [-0.39, 0.29) is 5.92 Å². The van der Waals surface area contributed by atoms with Crippen LogP contribution in [0.4, 0.5) is 0 Å². The lowest BCUT2D eigenvalue weighted by atomic mass is 10.1. The van der Waals surface area contributed by atoms with Crippen molar-refractivity contribution >= 4 is 16.9 Å². The first-order valence-corrected chi connectivity index (χ1v) is 10.7. The van der Waals surface area contributed by atoms with Gasteiger partial charge >= 0.3 is 0 Å². The largest absolute Gasteiger partial charge is 0.366 e. The van der Waals surface area contributed by atoms with E-state index >= 15 is 0 Å². The van der Waals surface area contributed by atoms with Crippen LogP contribution in [0.5, 0.6) is 0 Å². The number of nitrogens with two attached hydrogens (primary N) is 1. The van der Waals surface area contributed by atoms with Crippen LogP contribution in [0.1, 0.15) is 41.4 Å². The van der Waals surface area contributed by atoms with Crippen LogP contribution in [-0.4, -0.2) is 35.2 Å². The molecule has 0 spiro atoms. The fourth-order valence-electron chi connectivity index (χ4n) is 4.00. The zero-order valence-corrected chi connectivity index (χ0v) is 18.6. The number of hydrogen-bond donors (Lipinski definition) is 1. The summed E-state index contributed by atoms with van der Waals surface area (Å²) in [5.74, 6) is -0.286. The van der Waals surface area contributed by atoms with Gasteiger partial charge in [0.15, 0.2) is 5.65 Å². The van der Waals surface area contributed by atoms with E-state index in [9.17, 15) is 4.79 Å². The number of benzene rings is 1. The number of rotatable bonds is 5. The summed E-state index contributed by atoms with van der Waals surface area (Å²) in [6, 6.07) is 11.2. The minimum Gasteiger partial charge on any atom is -0.366 e. The van der Waals surface area contributed by atoms with E-state index in [4.69, 9.17) is 10.8 Å². The maximum atomic E-state index is 11.6. The molecule has 4 aromatic heterocycles. The van der Waals surface area contributed by atoms with Crippen LogP contribution in [0.3, 0.4) is 0 Å². The van der Waals surface area contributed by atoms with Gasteiger partial charge in [-0.2, -0.15) is 5.10 Å². The molecule has 0 aliphatic heterocycles. The van der Waals surface area contributed by atoms with E-state index in [0.29, 0.717) is 5.56 Å². The van der Waals surface area contributed by atoms with E-state index in [2.05, 4.69) is 28.8 Å². The first-order valence-electron chi connectivity index (χ1n) is 10.7. The number of pyridine rings is 2. The number of amides is 1. The first-order chi connectivity index (χ1) is 15.9. The molecule has 2 N–H and O–H groups in total. The first kappa shape index (κ1) is 20.6. The molecule has 33 heavy (non-hydrogen) atoms. The molecule has 0 radical (unpaired) electrons. The molecule has 8 nitrogen and oxygen atoms in total. The average Bonchev–Trinajstić information content (AvgIpc) is 3.45. The summed E-state index contributed by atoms with van der Waals surface area (Å²) in [6.45, 7) is 6.16. The van der Waals surface area contributed by atoms with Gasteiger partial charge < -0.3 is 10.3 Å². The third-order valence-electron chi connectivity index (χ3n) is 5.65. The van der Waals surface area contributed by atoms with Gasteiger partial charge in [0, 0.05) is 35.9 Å². The molecule has 1 amide bonds. The summed E-state index contributed by atoms with van der Waals surface area (Å²) in [7, 11) is 0. The Bertz CT molecular complexity index is 1480. The van der Waals surface area contributed by atoms with Crippen LogP contribution in [0.15, 0.2) is 67.5 Å². The zero-order valence-electron chi connectivity index (χ0n) is 18.6. The lowest BCUT2D eigenvalue weighted by molar-refractivity contribution is 0.1000. The second-order valence-electron chi connectivity index (χ2n) is 8.25. The van der Waals surface area contributed by atoms with Crippen LogP contribution in [0.25, 0.3) is 33.7 Å². The van der Waals surface area contributed by atoms with Crippen molar-refractivity contribution in [2.75, 3.05) is 0 Å². The van der Waals surface area contributed by atoms with Crippen molar-refractivity contribution in [1.82, 2.24) is 29.3 Å². The van der Waals surface area contributed by atoms with Gasteiger partial charge in [-0.15, -0.1) is 0 Å². The van der Waals surface area contributed by atoms with Gasteiger partial charge in [0.05, 0.1) is 34.5 Å². The monoisotopic (exact) mass is 437 g/mol. The fourth-order valence-corrected chi connectivity index (χ4v) is 4.00. The molecular weight excluding hydrogens is 414 g/mol. The second kappa shape index (κ2) is 7.98. The maximum absolute atomic E-state index is 11.6. The quantitative estimate of drug-likeness (QED) is 0.444. The molecule has 5 aromatic rings. The van der Waals surface area contributed by atoms with Gasteiger partial charge in [-0.1, -0.05) is 13.8 Å². The van der Waals surface area contributed by atoms with Gasteiger partial charge in [0.1, 0.15) is 0 Å². The van der Waals surface area contributed by atoms with Crippen molar-refractivity contribution in [3.63, 3.8) is 0 Å². The SMILES string of the molecule is Cc1cc(C(N)=O)ccc1-n1nc(C(C)C)c2c(-n3cnc(-c4cccnc4)c3)ccnc21. The fraction of sp³-hybridized carbons (Fsp3) is 0.160. The summed E-state index contributed by atoms with van der Waals surface area (Å²) in [4.78, 5) is 25.0. The molecule has 0 saturated carbocycles. The Hall–Kier alpha value is -4.33. The highest BCUT2D eigenvalue weighted by molar-refractivity contribution is 5.93. The Balaban J connectivity index is 1.70. The molecule has 0 saturated heterocycles. The number of fused-ring (bicyclic) bond motifs is 1. The number of aromatic nitrogens is 6. The van der Waals surface area contributed by atoms with Crippen molar-refractivity contribution in [2.24, 2.45) is 5.73 Å². The van der Waals surface area contributed by atoms with E-state index in [1.807, 2.05) is 46.6 Å². The Labute approximate surface area is 190 Å². The number of hydrogen-bond acceptors (Lipinski definition) is 5. The topological polar surface area (TPSA) is 105 Å². The van der Waals surface area contributed by atoms with Gasteiger partial charge in [0.25, 0.3) is 0 Å². The molecule has 8 heteroatoms. The predicted molar refractivity (Wildman–Crippen MR) is 127 cm³/mol. The minimum absolute atomic E-state index is 0.170. The Morgan fingerprint density at radius 1 is 1.06 bits per heavy atom. The number of nitrogens with zero attached hydrogens (tertiary/aromatic N) is 6. The van der Waals surface area contributed by atoms with Crippen LogP contribution < -0.4 is 5.73 Å². The van der Waals surface area contributed by atoms with Crippen molar-refractivity contribution in [2.45, 2.75) is 26.7 Å². The molecular formula is C25H23N7O. The summed E-state index contributed by atoms with van der Waals surface area (Å²) >= 11 is 0. The van der Waals surface area contributed by atoms with Gasteiger partial charge in [-0.25, -0.2) is 14.6 Å². The normalized spacial score (nSPS) is 11.4. The molecule has 0 fully saturated rings. The lowest BCUT2D eigenvalue weighted by Crippen LogP contribution is -2.12. The number of imidazole rings is 1. The number of primary amides is 1. The van der Waals surface area contributed by atoms with Gasteiger partial charge in [0.2, 0.25) is 5.91 Å². The molecule has 0 bridgehead atoms. The standard InChI is InChI=1S/C25H23N7O/c1-15(2)23-22-21(31-13-19(29-14-31)18-5-4-9-27-12-18)8-10-28-25(22)32(30-23)20-7-6-17(24(26)33)11-16(20)3/h4-15H,1-3H3,(H2,26,33). The zero-order chi connectivity index (χ0) is 23.1. The third kappa shape index (κ3) is 3.55. The van der Waals surface area contributed by atoms with Crippen molar-refractivity contribution in [3.8, 4) is 22.6 Å². The number of aryl methyl sites for hydroxylation is 1. The van der Waals surface area contributed by atoms with Crippen molar-refractivity contribution < 1.29 is 4.79 Å². The summed E-state index contributed by atoms with van der Waals surface area (Å²) in [5.41, 5.74) is 12.1. The van der Waals surface area contributed by atoms with Crippen LogP contribution >= 0.6 is 0 Å². The summed E-state index contributed by atoms with van der Waals surface area (Å²) < 4.78 is 3.83. The third-order valence-corrected chi connectivity index (χ3v) is 5.65. The number of carbonyl (C=O) groups is 1. The molecule has 4 heterocycles. The smallest absolute Gasteiger partial charge is 0.248 e. The lowest BCUT2D eigenvalue weighted by Gasteiger charge is -2.09. The molecule has 164 valence electrons. The minimum atomic E-state index is -0.456. The van der Waals surface area contributed by atoms with E-state index in [0.717, 1.165) is 44.9 Å². The Kier molecular flexibility index (Phi) is 4.97. The second-order valence-corrected chi connectivity index (χ2v) is 8.25. The van der Waals surface area contributed by atoms with Gasteiger partial charge in [-0.3, -0.25) is 9.78 Å². The van der Waals surface area contributed by atoms with E-state index < -0.39 is 5.91 Å². The van der Waals surface area contributed by atoms with Crippen molar-refractivity contribution in [3.05, 3.63) is 84.3 Å². The Morgan fingerprint density at radius 2 is 1.91 bits per heavy atom. The van der Waals surface area contributed by atoms with Crippen molar-refractivity contribution in [1.29, 1.82) is 0 Å². The van der Waals surface area contributed by atoms with E-state index in [1.54, 1.807) is 37.1 Å². The van der Waals surface area contributed by atoms with Crippen LogP contribution in [0, 0.1) is 6.92 Å². The average molecular weight is 438 g/mol. The van der Waals surface area contributed by atoms with E-state index in [1.165, 1.54) is 0 Å². The molecule has 0 unspecified atom stereocenters. The highest BCUT2D eigenvalue weighted by Crippen LogP contribution is 2.32. The molecule has 5 rings (SSSR count). The highest BCUT2D eigenvalue weighted by atomic mass is 16.1.